The number of carbonyl (C=O) groups is 3. The second kappa shape index (κ2) is 9.34. The Kier molecular flexibility index (Phi) is 6.71. The lowest BCUT2D eigenvalue weighted by atomic mass is 9.87. The van der Waals surface area contributed by atoms with Gasteiger partial charge in [0.15, 0.2) is 5.75 Å². The molecule has 1 atom stereocenters. The van der Waals surface area contributed by atoms with Gasteiger partial charge in [0.1, 0.15) is 11.1 Å². The summed E-state index contributed by atoms with van der Waals surface area (Å²) in [6.07, 6.45) is 0.917. The number of piperidine rings is 2. The standard InChI is InChI=1S/C23H29FN4O7S/c1-23(2,3)34-22(31)28-11-9-13(10-12-28)14-5-6-15-18(16-7-8-17(29)25-21(16)30)26-27(4)19(15)20(14)35-36(24,32)33/h5-6,13,16H,7-12H2,1-4H3,(H,25,29,30). The van der Waals surface area contributed by atoms with Crippen molar-refractivity contribution < 1.29 is 35.6 Å². The van der Waals surface area contributed by atoms with E-state index in [2.05, 4.69) is 10.4 Å². The molecule has 0 spiro atoms. The van der Waals surface area contributed by atoms with Crippen LogP contribution in [0.5, 0.6) is 5.75 Å². The molecule has 0 saturated carbocycles. The van der Waals surface area contributed by atoms with Crippen LogP contribution in [0.15, 0.2) is 12.1 Å². The number of likely N-dealkylation sites (tertiary alicyclic amines) is 1. The largest absolute Gasteiger partial charge is 0.488 e. The van der Waals surface area contributed by atoms with Gasteiger partial charge in [0, 0.05) is 37.5 Å². The number of halogens is 1. The summed E-state index contributed by atoms with van der Waals surface area (Å²) in [5.74, 6) is -2.00. The highest BCUT2D eigenvalue weighted by Gasteiger charge is 2.35. The van der Waals surface area contributed by atoms with Crippen LogP contribution in [0.4, 0.5) is 8.68 Å². The summed E-state index contributed by atoms with van der Waals surface area (Å²) in [6.45, 7) is 6.08. The number of aryl methyl sites for hydroxylation is 1. The first kappa shape index (κ1) is 25.9. The van der Waals surface area contributed by atoms with Gasteiger partial charge in [-0.3, -0.25) is 19.6 Å². The van der Waals surface area contributed by atoms with E-state index in [4.69, 9.17) is 8.92 Å². The summed E-state index contributed by atoms with van der Waals surface area (Å²) in [4.78, 5) is 38.0. The van der Waals surface area contributed by atoms with Crippen molar-refractivity contribution in [1.29, 1.82) is 0 Å². The Bertz CT molecular complexity index is 1320. The average molecular weight is 525 g/mol. The molecule has 0 radical (unpaired) electrons. The van der Waals surface area contributed by atoms with E-state index in [0.717, 1.165) is 0 Å². The molecule has 1 aromatic carbocycles. The molecule has 13 heteroatoms. The van der Waals surface area contributed by atoms with Crippen molar-refractivity contribution in [2.45, 2.75) is 63.9 Å². The van der Waals surface area contributed by atoms with Gasteiger partial charge < -0.3 is 13.8 Å². The number of hydrogen-bond donors (Lipinski definition) is 1. The van der Waals surface area contributed by atoms with Crippen LogP contribution in [-0.4, -0.2) is 59.7 Å². The predicted octanol–water partition coefficient (Wildman–Crippen LogP) is 2.80. The summed E-state index contributed by atoms with van der Waals surface area (Å²) in [5.41, 5.74) is 0.410. The highest BCUT2D eigenvalue weighted by atomic mass is 32.3. The van der Waals surface area contributed by atoms with Gasteiger partial charge in [0.05, 0.1) is 11.6 Å². The summed E-state index contributed by atoms with van der Waals surface area (Å²) < 4.78 is 48.6. The first-order chi connectivity index (χ1) is 16.7. The maximum atomic E-state index is 13.8. The highest BCUT2D eigenvalue weighted by Crippen LogP contribution is 2.42. The Morgan fingerprint density at radius 1 is 1.17 bits per heavy atom. The van der Waals surface area contributed by atoms with Gasteiger partial charge in [0.25, 0.3) is 0 Å². The van der Waals surface area contributed by atoms with Crippen LogP contribution in [0.2, 0.25) is 0 Å². The minimum absolute atomic E-state index is 0.144. The zero-order chi connectivity index (χ0) is 26.4. The molecule has 2 saturated heterocycles. The normalized spacial score (nSPS) is 19.9. The predicted molar refractivity (Wildman–Crippen MR) is 126 cm³/mol. The van der Waals surface area contributed by atoms with Crippen molar-refractivity contribution >= 4 is 39.3 Å². The monoisotopic (exact) mass is 524 g/mol. The maximum absolute atomic E-state index is 13.8. The van der Waals surface area contributed by atoms with E-state index in [1.165, 1.54) is 4.68 Å². The number of hydrogen-bond acceptors (Lipinski definition) is 8. The zero-order valence-corrected chi connectivity index (χ0v) is 21.4. The summed E-state index contributed by atoms with van der Waals surface area (Å²) in [7, 11) is -3.83. The van der Waals surface area contributed by atoms with E-state index in [0.29, 0.717) is 42.6 Å². The number of imide groups is 1. The third-order valence-electron chi connectivity index (χ3n) is 6.36. The van der Waals surface area contributed by atoms with Crippen LogP contribution in [0.3, 0.4) is 0 Å². The van der Waals surface area contributed by atoms with Crippen molar-refractivity contribution in [3.05, 3.63) is 23.4 Å². The molecule has 2 fully saturated rings. The van der Waals surface area contributed by atoms with Crippen molar-refractivity contribution in [1.82, 2.24) is 20.0 Å². The molecule has 36 heavy (non-hydrogen) atoms. The molecule has 4 rings (SSSR count). The van der Waals surface area contributed by atoms with Crippen LogP contribution in [0, 0.1) is 0 Å². The number of benzene rings is 1. The Morgan fingerprint density at radius 2 is 1.83 bits per heavy atom. The molecular formula is C23H29FN4O7S. The van der Waals surface area contributed by atoms with Crippen molar-refractivity contribution in [2.24, 2.45) is 7.05 Å². The molecule has 1 aromatic heterocycles. The molecule has 196 valence electrons. The van der Waals surface area contributed by atoms with E-state index in [9.17, 15) is 26.7 Å². The van der Waals surface area contributed by atoms with Crippen molar-refractivity contribution in [3.8, 4) is 5.75 Å². The van der Waals surface area contributed by atoms with Gasteiger partial charge in [-0.1, -0.05) is 16.0 Å². The third-order valence-corrected chi connectivity index (χ3v) is 6.72. The molecule has 1 N–H and O–H groups in total. The van der Waals surface area contributed by atoms with E-state index < -0.39 is 34.0 Å². The van der Waals surface area contributed by atoms with E-state index in [-0.39, 0.29) is 35.9 Å². The molecule has 0 bridgehead atoms. The average Bonchev–Trinajstić information content (AvgIpc) is 3.08. The summed E-state index contributed by atoms with van der Waals surface area (Å²) >= 11 is 0. The Balaban J connectivity index is 1.69. The zero-order valence-electron chi connectivity index (χ0n) is 20.5. The molecule has 3 heterocycles. The first-order valence-corrected chi connectivity index (χ1v) is 13.0. The molecule has 0 aliphatic carbocycles. The second-order valence-electron chi connectivity index (χ2n) is 10.1. The fourth-order valence-electron chi connectivity index (χ4n) is 4.80. The van der Waals surface area contributed by atoms with Crippen LogP contribution in [-0.2, 0) is 31.9 Å². The molecule has 11 nitrogen and oxygen atoms in total. The Morgan fingerprint density at radius 3 is 2.42 bits per heavy atom. The molecule has 2 aliphatic heterocycles. The number of ether oxygens (including phenoxy) is 1. The van der Waals surface area contributed by atoms with Crippen molar-refractivity contribution in [3.63, 3.8) is 0 Å². The number of nitrogens with one attached hydrogen (secondary N) is 1. The summed E-state index contributed by atoms with van der Waals surface area (Å²) in [5, 5.41) is 7.13. The lowest BCUT2D eigenvalue weighted by molar-refractivity contribution is -0.134. The topological polar surface area (TPSA) is 137 Å². The minimum Gasteiger partial charge on any atom is -0.444 e. The number of amides is 3. The second-order valence-corrected chi connectivity index (χ2v) is 11.1. The minimum atomic E-state index is -5.37. The van der Waals surface area contributed by atoms with Crippen LogP contribution in [0.1, 0.15) is 69.5 Å². The fraction of sp³-hybridized carbons (Fsp3) is 0.565. The SMILES string of the molecule is Cn1nc(C2CCC(=O)NC2=O)c2ccc(C3CCN(C(=O)OC(C)(C)C)CC3)c(OS(=O)(=O)F)c21. The number of aromatic nitrogens is 2. The van der Waals surface area contributed by atoms with E-state index in [1.807, 2.05) is 0 Å². The molecule has 1 unspecified atom stereocenters. The molecule has 2 aliphatic rings. The smallest absolute Gasteiger partial charge is 0.444 e. The van der Waals surface area contributed by atoms with Crippen LogP contribution < -0.4 is 9.50 Å². The van der Waals surface area contributed by atoms with Gasteiger partial charge in [-0.15, -0.1) is 0 Å². The van der Waals surface area contributed by atoms with Gasteiger partial charge in [-0.25, -0.2) is 4.79 Å². The number of fused-ring (bicyclic) bond motifs is 1. The molecule has 2 aromatic rings. The van der Waals surface area contributed by atoms with E-state index >= 15 is 0 Å². The highest BCUT2D eigenvalue weighted by molar-refractivity contribution is 7.81. The number of carbonyl (C=O) groups excluding carboxylic acids is 3. The number of rotatable bonds is 4. The lowest BCUT2D eigenvalue weighted by Crippen LogP contribution is -2.41. The first-order valence-electron chi connectivity index (χ1n) is 11.7. The lowest BCUT2D eigenvalue weighted by Gasteiger charge is -2.34. The van der Waals surface area contributed by atoms with Gasteiger partial charge in [-0.2, -0.15) is 13.5 Å². The van der Waals surface area contributed by atoms with Crippen LogP contribution >= 0.6 is 0 Å². The maximum Gasteiger partial charge on any atom is 0.488 e. The third kappa shape index (κ3) is 5.45. The number of nitrogens with zero attached hydrogens (tertiary/aromatic N) is 3. The fourth-order valence-corrected chi connectivity index (χ4v) is 5.17. The molecule has 3 amide bonds. The Hall–Kier alpha value is -3.22. The summed E-state index contributed by atoms with van der Waals surface area (Å²) in [6, 6.07) is 3.35. The quantitative estimate of drug-likeness (QED) is 0.476. The van der Waals surface area contributed by atoms with Crippen LogP contribution in [0.25, 0.3) is 10.9 Å². The van der Waals surface area contributed by atoms with Gasteiger partial charge >= 0.3 is 16.6 Å². The van der Waals surface area contributed by atoms with E-state index in [1.54, 1.807) is 44.9 Å². The Labute approximate surface area is 208 Å². The van der Waals surface area contributed by atoms with Crippen molar-refractivity contribution in [2.75, 3.05) is 13.1 Å². The molecular weight excluding hydrogens is 495 g/mol. The van der Waals surface area contributed by atoms with Gasteiger partial charge in [0.2, 0.25) is 11.8 Å². The van der Waals surface area contributed by atoms with Gasteiger partial charge in [-0.05, 0) is 46.0 Å².